The van der Waals surface area contributed by atoms with E-state index in [9.17, 15) is 0 Å². The van der Waals surface area contributed by atoms with Gasteiger partial charge in [-0.1, -0.05) is 13.3 Å². The molecule has 1 aliphatic rings. The molecule has 0 aromatic heterocycles. The van der Waals surface area contributed by atoms with E-state index < -0.39 is 0 Å². The Morgan fingerprint density at radius 1 is 1.08 bits per heavy atom. The first-order valence-electron chi connectivity index (χ1n) is 5.37. The number of hydrogen-bond donors (Lipinski definition) is 2. The van der Waals surface area contributed by atoms with Crippen LogP contribution >= 0.6 is 0 Å². The normalized spacial score (nSPS) is 16.8. The van der Waals surface area contributed by atoms with Gasteiger partial charge < -0.3 is 10.6 Å². The zero-order valence-corrected chi connectivity index (χ0v) is 8.23. The highest BCUT2D eigenvalue weighted by atomic mass is 14.9. The Bertz CT molecular complexity index is 100. The Labute approximate surface area is 76.1 Å². The maximum absolute atomic E-state index is 3.51. The summed E-state index contributed by atoms with van der Waals surface area (Å²) >= 11 is 0. The molecule has 72 valence electrons. The van der Waals surface area contributed by atoms with E-state index in [1.54, 1.807) is 0 Å². The van der Waals surface area contributed by atoms with Crippen LogP contribution in [-0.4, -0.2) is 25.7 Å². The van der Waals surface area contributed by atoms with Crippen LogP contribution in [0.15, 0.2) is 0 Å². The molecule has 0 saturated heterocycles. The first-order valence-corrected chi connectivity index (χ1v) is 5.37. The van der Waals surface area contributed by atoms with E-state index in [0.29, 0.717) is 0 Å². The van der Waals surface area contributed by atoms with Crippen molar-refractivity contribution in [1.82, 2.24) is 10.6 Å². The van der Waals surface area contributed by atoms with Gasteiger partial charge in [0.25, 0.3) is 0 Å². The van der Waals surface area contributed by atoms with Gasteiger partial charge in [0.1, 0.15) is 0 Å². The first-order chi connectivity index (χ1) is 5.93. The van der Waals surface area contributed by atoms with Crippen molar-refractivity contribution in [1.29, 1.82) is 0 Å². The van der Waals surface area contributed by atoms with Crippen LogP contribution in [0.2, 0.25) is 0 Å². The van der Waals surface area contributed by atoms with E-state index in [4.69, 9.17) is 0 Å². The minimum Gasteiger partial charge on any atom is -0.317 e. The molecule has 2 N–H and O–H groups in total. The maximum atomic E-state index is 3.51. The quantitative estimate of drug-likeness (QED) is 0.540. The third-order valence-corrected chi connectivity index (χ3v) is 2.25. The molecule has 0 radical (unpaired) electrons. The Hall–Kier alpha value is -0.0800. The zero-order valence-electron chi connectivity index (χ0n) is 8.23. The lowest BCUT2D eigenvalue weighted by Gasteiger charge is -2.04. The van der Waals surface area contributed by atoms with Crippen LogP contribution in [0, 0.1) is 0 Å². The number of hydrogen-bond acceptors (Lipinski definition) is 2. The molecule has 0 aromatic rings. The van der Waals surface area contributed by atoms with E-state index >= 15 is 0 Å². The summed E-state index contributed by atoms with van der Waals surface area (Å²) in [6, 6.07) is 0.876. The minimum atomic E-state index is 0.876. The van der Waals surface area contributed by atoms with Crippen LogP contribution in [0.4, 0.5) is 0 Å². The lowest BCUT2D eigenvalue weighted by Crippen LogP contribution is -2.23. The average Bonchev–Trinajstić information content (AvgIpc) is 2.87. The smallest absolute Gasteiger partial charge is 0.00682 e. The zero-order chi connectivity index (χ0) is 8.65. The van der Waals surface area contributed by atoms with E-state index in [-0.39, 0.29) is 0 Å². The number of unbranched alkanes of at least 4 members (excludes halogenated alkanes) is 1. The second-order valence-electron chi connectivity index (χ2n) is 3.69. The van der Waals surface area contributed by atoms with Gasteiger partial charge in [-0.05, 0) is 45.3 Å². The van der Waals surface area contributed by atoms with Crippen molar-refractivity contribution in [2.75, 3.05) is 19.6 Å². The van der Waals surface area contributed by atoms with Crippen LogP contribution in [0.5, 0.6) is 0 Å². The molecule has 1 saturated carbocycles. The summed E-state index contributed by atoms with van der Waals surface area (Å²) < 4.78 is 0. The van der Waals surface area contributed by atoms with Gasteiger partial charge in [0, 0.05) is 6.04 Å². The number of nitrogens with one attached hydrogen (secondary N) is 2. The lowest BCUT2D eigenvalue weighted by atomic mass is 10.3. The number of rotatable bonds is 8. The highest BCUT2D eigenvalue weighted by molar-refractivity contribution is 4.80. The van der Waals surface area contributed by atoms with Crippen molar-refractivity contribution in [2.45, 2.75) is 45.1 Å². The average molecular weight is 170 g/mol. The van der Waals surface area contributed by atoms with E-state index in [1.165, 1.54) is 51.7 Å². The van der Waals surface area contributed by atoms with Crippen molar-refractivity contribution in [3.63, 3.8) is 0 Å². The summed E-state index contributed by atoms with van der Waals surface area (Å²) in [5.74, 6) is 0. The molecule has 0 spiro atoms. The third kappa shape index (κ3) is 5.56. The molecule has 0 atom stereocenters. The molecular weight excluding hydrogens is 148 g/mol. The van der Waals surface area contributed by atoms with Crippen LogP contribution < -0.4 is 10.6 Å². The minimum absolute atomic E-state index is 0.876. The molecule has 2 heteroatoms. The topological polar surface area (TPSA) is 24.1 Å². The fraction of sp³-hybridized carbons (Fsp3) is 1.00. The molecular formula is C10H22N2. The van der Waals surface area contributed by atoms with Crippen molar-refractivity contribution in [3.8, 4) is 0 Å². The molecule has 0 unspecified atom stereocenters. The highest BCUT2D eigenvalue weighted by Gasteiger charge is 2.19. The Morgan fingerprint density at radius 2 is 1.83 bits per heavy atom. The Balaban J connectivity index is 1.65. The van der Waals surface area contributed by atoms with Crippen molar-refractivity contribution < 1.29 is 0 Å². The summed E-state index contributed by atoms with van der Waals surface area (Å²) in [5.41, 5.74) is 0. The highest BCUT2D eigenvalue weighted by Crippen LogP contribution is 2.18. The van der Waals surface area contributed by atoms with Crippen molar-refractivity contribution >= 4 is 0 Å². The van der Waals surface area contributed by atoms with Crippen molar-refractivity contribution in [2.24, 2.45) is 0 Å². The van der Waals surface area contributed by atoms with Crippen LogP contribution in [0.1, 0.15) is 39.0 Å². The molecule has 0 heterocycles. The van der Waals surface area contributed by atoms with Crippen LogP contribution in [0.3, 0.4) is 0 Å². The second kappa shape index (κ2) is 6.44. The van der Waals surface area contributed by atoms with Crippen LogP contribution in [0.25, 0.3) is 0 Å². The standard InChI is InChI=1S/C10H22N2/c1-2-3-7-11-8-4-9-12-10-5-6-10/h10-12H,2-9H2,1H3. The van der Waals surface area contributed by atoms with Gasteiger partial charge in [0.15, 0.2) is 0 Å². The molecule has 1 rings (SSSR count). The van der Waals surface area contributed by atoms with E-state index in [2.05, 4.69) is 17.6 Å². The van der Waals surface area contributed by atoms with Gasteiger partial charge in [0.05, 0.1) is 0 Å². The monoisotopic (exact) mass is 170 g/mol. The first kappa shape index (κ1) is 10.0. The molecule has 1 fully saturated rings. The molecule has 0 aromatic carbocycles. The molecule has 12 heavy (non-hydrogen) atoms. The fourth-order valence-corrected chi connectivity index (χ4v) is 1.23. The predicted molar refractivity (Wildman–Crippen MR) is 53.4 cm³/mol. The van der Waals surface area contributed by atoms with Gasteiger partial charge >= 0.3 is 0 Å². The Morgan fingerprint density at radius 3 is 2.50 bits per heavy atom. The summed E-state index contributed by atoms with van der Waals surface area (Å²) in [5, 5.41) is 6.95. The van der Waals surface area contributed by atoms with Gasteiger partial charge in [-0.15, -0.1) is 0 Å². The van der Waals surface area contributed by atoms with E-state index in [0.717, 1.165) is 6.04 Å². The molecule has 1 aliphatic carbocycles. The maximum Gasteiger partial charge on any atom is 0.00682 e. The summed E-state index contributed by atoms with van der Waals surface area (Å²) in [7, 11) is 0. The molecule has 2 nitrogen and oxygen atoms in total. The SMILES string of the molecule is CCCCNCCCNC1CC1. The van der Waals surface area contributed by atoms with E-state index in [1.807, 2.05) is 0 Å². The van der Waals surface area contributed by atoms with Crippen molar-refractivity contribution in [3.05, 3.63) is 0 Å². The van der Waals surface area contributed by atoms with Gasteiger partial charge in [-0.2, -0.15) is 0 Å². The second-order valence-corrected chi connectivity index (χ2v) is 3.69. The van der Waals surface area contributed by atoms with Crippen LogP contribution in [-0.2, 0) is 0 Å². The van der Waals surface area contributed by atoms with Gasteiger partial charge in [-0.3, -0.25) is 0 Å². The van der Waals surface area contributed by atoms with Gasteiger partial charge in [0.2, 0.25) is 0 Å². The summed E-state index contributed by atoms with van der Waals surface area (Å²) in [6.45, 7) is 5.81. The molecule has 0 aliphatic heterocycles. The van der Waals surface area contributed by atoms with Gasteiger partial charge in [-0.25, -0.2) is 0 Å². The lowest BCUT2D eigenvalue weighted by molar-refractivity contribution is 0.580. The fourth-order valence-electron chi connectivity index (χ4n) is 1.23. The summed E-state index contributed by atoms with van der Waals surface area (Å²) in [4.78, 5) is 0. The third-order valence-electron chi connectivity index (χ3n) is 2.25. The largest absolute Gasteiger partial charge is 0.317 e. The summed E-state index contributed by atoms with van der Waals surface area (Å²) in [6.07, 6.45) is 6.70. The molecule has 0 bridgehead atoms. The molecule has 0 amide bonds. The predicted octanol–water partition coefficient (Wildman–Crippen LogP) is 1.52. The Kier molecular flexibility index (Phi) is 5.37.